The quantitative estimate of drug-likeness (QED) is 0.0576. The molecule has 0 saturated carbocycles. The third-order valence-electron chi connectivity index (χ3n) is 6.91. The monoisotopic (exact) mass is 902 g/mol. The number of rotatable bonds is 55. The zero-order chi connectivity index (χ0) is 43.4. The van der Waals surface area contributed by atoms with Crippen LogP contribution >= 0.6 is 0 Å². The summed E-state index contributed by atoms with van der Waals surface area (Å²) in [5.41, 5.74) is 0. The molecule has 0 aromatic rings. The highest BCUT2D eigenvalue weighted by molar-refractivity contribution is 7.85. The standard InChI is InChI=1S/C38H78O21S/c1-41-3-4-42-5-6-43-7-8-44-9-10-45-11-12-46-13-14-47-15-16-48-17-18-49-19-20-50-21-22-51-23-24-52-25-26-53-27-28-54-29-30-55-31-32-56-33-34-57-35-36-58-37-38-59-60(2,39)40/h3-38H2,1-2H3. The summed E-state index contributed by atoms with van der Waals surface area (Å²) in [6.45, 7) is 16.8. The van der Waals surface area contributed by atoms with E-state index in [2.05, 4.69) is 4.18 Å². The topological polar surface area (TPSA) is 210 Å². The van der Waals surface area contributed by atoms with Crippen molar-refractivity contribution in [3.05, 3.63) is 0 Å². The Hall–Kier alpha value is -0.810. The molecule has 0 fully saturated rings. The van der Waals surface area contributed by atoms with Crippen LogP contribution in [0.2, 0.25) is 0 Å². The molecule has 22 heteroatoms. The molecule has 362 valence electrons. The normalized spacial score (nSPS) is 12.0. The Kier molecular flexibility index (Phi) is 51.8. The summed E-state index contributed by atoms with van der Waals surface area (Å²) < 4.78 is 123. The molecule has 0 radical (unpaired) electrons. The lowest BCUT2D eigenvalue weighted by Gasteiger charge is -2.09. The summed E-state index contributed by atoms with van der Waals surface area (Å²) >= 11 is 0. The Balaban J connectivity index is 3.07. The molecule has 0 N–H and O–H groups in total. The third-order valence-corrected chi connectivity index (χ3v) is 7.50. The first-order chi connectivity index (χ1) is 29.6. The van der Waals surface area contributed by atoms with Crippen molar-refractivity contribution < 1.29 is 97.9 Å². The summed E-state index contributed by atoms with van der Waals surface area (Å²) in [5, 5.41) is 0. The number of methoxy groups -OCH3 is 1. The molecule has 0 aromatic heterocycles. The fraction of sp³-hybridized carbons (Fsp3) is 1.00. The first-order valence-electron chi connectivity index (χ1n) is 20.7. The van der Waals surface area contributed by atoms with Crippen molar-refractivity contribution >= 4 is 10.1 Å². The van der Waals surface area contributed by atoms with E-state index >= 15 is 0 Å². The third kappa shape index (κ3) is 57.2. The molecule has 60 heavy (non-hydrogen) atoms. The Labute approximate surface area is 358 Å². The minimum absolute atomic E-state index is 0.00763. The van der Waals surface area contributed by atoms with Crippen molar-refractivity contribution in [1.29, 1.82) is 0 Å². The van der Waals surface area contributed by atoms with Crippen LogP contribution in [0, 0.1) is 0 Å². The van der Waals surface area contributed by atoms with Gasteiger partial charge in [-0.2, -0.15) is 8.42 Å². The summed E-state index contributed by atoms with van der Waals surface area (Å²) in [6, 6.07) is 0. The van der Waals surface area contributed by atoms with Crippen LogP contribution in [0.3, 0.4) is 0 Å². The van der Waals surface area contributed by atoms with Gasteiger partial charge in [0.05, 0.1) is 244 Å². The summed E-state index contributed by atoms with van der Waals surface area (Å²) in [6.07, 6.45) is 0.994. The van der Waals surface area contributed by atoms with Crippen molar-refractivity contribution in [1.82, 2.24) is 0 Å². The number of hydrogen-bond donors (Lipinski definition) is 0. The molecule has 0 unspecified atom stereocenters. The summed E-state index contributed by atoms with van der Waals surface area (Å²) in [7, 11) is -1.79. The largest absolute Gasteiger partial charge is 0.382 e. The molecule has 0 amide bonds. The highest BCUT2D eigenvalue weighted by atomic mass is 32.2. The van der Waals surface area contributed by atoms with Crippen molar-refractivity contribution in [3.8, 4) is 0 Å². The Morgan fingerprint density at radius 1 is 0.217 bits per heavy atom. The van der Waals surface area contributed by atoms with Crippen molar-refractivity contribution in [2.24, 2.45) is 0 Å². The molecule has 21 nitrogen and oxygen atoms in total. The van der Waals surface area contributed by atoms with Gasteiger partial charge in [-0.1, -0.05) is 0 Å². The molecule has 0 saturated heterocycles. The Morgan fingerprint density at radius 2 is 0.333 bits per heavy atom. The van der Waals surface area contributed by atoms with E-state index in [-0.39, 0.29) is 13.2 Å². The van der Waals surface area contributed by atoms with Crippen molar-refractivity contribution in [3.63, 3.8) is 0 Å². The molecule has 0 aliphatic rings. The van der Waals surface area contributed by atoms with Crippen LogP contribution in [-0.4, -0.2) is 260 Å². The number of ether oxygens (including phenoxy) is 18. The van der Waals surface area contributed by atoms with E-state index in [0.717, 1.165) is 6.26 Å². The Bertz CT molecular complexity index is 895. The molecule has 0 heterocycles. The van der Waals surface area contributed by atoms with Gasteiger partial charge in [-0.15, -0.1) is 0 Å². The van der Waals surface area contributed by atoms with E-state index in [0.29, 0.717) is 225 Å². The van der Waals surface area contributed by atoms with Crippen LogP contribution in [0.5, 0.6) is 0 Å². The molecule has 0 rings (SSSR count). The lowest BCUT2D eigenvalue weighted by Crippen LogP contribution is -2.16. The van der Waals surface area contributed by atoms with E-state index < -0.39 is 10.1 Å². The van der Waals surface area contributed by atoms with Gasteiger partial charge in [0.25, 0.3) is 10.1 Å². The van der Waals surface area contributed by atoms with E-state index in [4.69, 9.17) is 85.3 Å². The first-order valence-corrected chi connectivity index (χ1v) is 22.5. The maximum absolute atomic E-state index is 10.8. The van der Waals surface area contributed by atoms with Gasteiger partial charge in [0.15, 0.2) is 0 Å². The first kappa shape index (κ1) is 59.2. The zero-order valence-electron chi connectivity index (χ0n) is 36.4. The average Bonchev–Trinajstić information content (AvgIpc) is 3.23. The van der Waals surface area contributed by atoms with Gasteiger partial charge in [-0.25, -0.2) is 0 Å². The highest BCUT2D eigenvalue weighted by Crippen LogP contribution is 1.90. The van der Waals surface area contributed by atoms with Crippen molar-refractivity contribution in [2.75, 3.05) is 251 Å². The van der Waals surface area contributed by atoms with Gasteiger partial charge in [0.2, 0.25) is 0 Å². The fourth-order valence-electron chi connectivity index (χ4n) is 4.01. The van der Waals surface area contributed by atoms with Gasteiger partial charge in [0, 0.05) is 7.11 Å². The summed E-state index contributed by atoms with van der Waals surface area (Å²) in [5.74, 6) is 0. The lowest BCUT2D eigenvalue weighted by molar-refractivity contribution is -0.0309. The predicted molar refractivity (Wildman–Crippen MR) is 217 cm³/mol. The Morgan fingerprint density at radius 3 is 0.450 bits per heavy atom. The van der Waals surface area contributed by atoms with Gasteiger partial charge in [-0.05, 0) is 0 Å². The van der Waals surface area contributed by atoms with Gasteiger partial charge in [-0.3, -0.25) is 4.18 Å². The summed E-state index contributed by atoms with van der Waals surface area (Å²) in [4.78, 5) is 0. The average molecular weight is 903 g/mol. The SMILES string of the molecule is COCCOCCOCCOCCOCCOCCOCCOCCOCCOCCOCCOCCOCCOCCOCCOCCOCCOCCOS(C)(=O)=O. The molecule has 0 aromatic carbocycles. The molecule has 0 atom stereocenters. The second-order valence-electron chi connectivity index (χ2n) is 11.9. The molecule has 0 spiro atoms. The molecule has 0 bridgehead atoms. The van der Waals surface area contributed by atoms with E-state index in [1.54, 1.807) is 7.11 Å². The minimum Gasteiger partial charge on any atom is -0.382 e. The van der Waals surface area contributed by atoms with Gasteiger partial charge >= 0.3 is 0 Å². The lowest BCUT2D eigenvalue weighted by atomic mass is 10.6. The number of hydrogen-bond acceptors (Lipinski definition) is 21. The predicted octanol–water partition coefficient (Wildman–Crippen LogP) is -0.109. The van der Waals surface area contributed by atoms with Crippen LogP contribution < -0.4 is 0 Å². The maximum atomic E-state index is 10.8. The van der Waals surface area contributed by atoms with E-state index in [1.165, 1.54) is 0 Å². The van der Waals surface area contributed by atoms with Crippen LogP contribution in [0.15, 0.2) is 0 Å². The van der Waals surface area contributed by atoms with Crippen LogP contribution in [0.25, 0.3) is 0 Å². The molecular formula is C38H78O21S. The second-order valence-corrected chi connectivity index (χ2v) is 13.6. The second kappa shape index (κ2) is 52.5. The van der Waals surface area contributed by atoms with E-state index in [9.17, 15) is 8.42 Å². The maximum Gasteiger partial charge on any atom is 0.264 e. The minimum atomic E-state index is -3.43. The van der Waals surface area contributed by atoms with Gasteiger partial charge in [0.1, 0.15) is 0 Å². The smallest absolute Gasteiger partial charge is 0.264 e. The molecule has 0 aliphatic carbocycles. The van der Waals surface area contributed by atoms with Gasteiger partial charge < -0.3 is 85.3 Å². The van der Waals surface area contributed by atoms with Crippen molar-refractivity contribution in [2.45, 2.75) is 0 Å². The fourth-order valence-corrected chi connectivity index (χ4v) is 4.38. The molecular weight excluding hydrogens is 824 g/mol. The van der Waals surface area contributed by atoms with Crippen LogP contribution in [0.4, 0.5) is 0 Å². The molecule has 0 aliphatic heterocycles. The van der Waals surface area contributed by atoms with Crippen LogP contribution in [-0.2, 0) is 99.6 Å². The van der Waals surface area contributed by atoms with Crippen LogP contribution in [0.1, 0.15) is 0 Å². The zero-order valence-corrected chi connectivity index (χ0v) is 37.3. The highest BCUT2D eigenvalue weighted by Gasteiger charge is 2.01. The van der Waals surface area contributed by atoms with E-state index in [1.807, 2.05) is 0 Å².